The van der Waals surface area contributed by atoms with E-state index < -0.39 is 15.7 Å². The molecular formula is C22H14FNO2S. The number of sulfone groups is 1. The number of hydrogen-bond acceptors (Lipinski definition) is 3. The smallest absolute Gasteiger partial charge is 0.183 e. The largest absolute Gasteiger partial charge is 0.247 e. The number of fused-ring (bicyclic) bond motifs is 4. The molecule has 1 aliphatic rings. The molecule has 5 heteroatoms. The van der Waals surface area contributed by atoms with Crippen molar-refractivity contribution in [2.75, 3.05) is 0 Å². The van der Waals surface area contributed by atoms with Crippen molar-refractivity contribution in [2.24, 2.45) is 0 Å². The van der Waals surface area contributed by atoms with Gasteiger partial charge >= 0.3 is 0 Å². The van der Waals surface area contributed by atoms with Gasteiger partial charge in [0.25, 0.3) is 0 Å². The van der Waals surface area contributed by atoms with Crippen LogP contribution in [0.1, 0.15) is 5.56 Å². The Kier molecular flexibility index (Phi) is 3.42. The lowest BCUT2D eigenvalue weighted by Gasteiger charge is -2.23. The van der Waals surface area contributed by atoms with E-state index in [1.807, 2.05) is 54.6 Å². The second-order valence-electron chi connectivity index (χ2n) is 6.60. The van der Waals surface area contributed by atoms with Crippen LogP contribution in [0.3, 0.4) is 0 Å². The minimum Gasteiger partial charge on any atom is -0.247 e. The number of halogens is 1. The van der Waals surface area contributed by atoms with E-state index in [1.165, 1.54) is 18.2 Å². The van der Waals surface area contributed by atoms with Gasteiger partial charge in [-0.3, -0.25) is 0 Å². The fraction of sp³-hybridized carbons (Fsp3) is 0.0455. The van der Waals surface area contributed by atoms with Gasteiger partial charge < -0.3 is 0 Å². The van der Waals surface area contributed by atoms with Crippen LogP contribution in [-0.2, 0) is 15.6 Å². The van der Waals surface area contributed by atoms with E-state index in [1.54, 1.807) is 0 Å². The van der Waals surface area contributed by atoms with Crippen LogP contribution < -0.4 is 0 Å². The first-order chi connectivity index (χ1) is 13.0. The summed E-state index contributed by atoms with van der Waals surface area (Å²) in [5.41, 5.74) is 4.01. The first kappa shape index (κ1) is 16.1. The number of rotatable bonds is 1. The highest BCUT2D eigenvalue weighted by Crippen LogP contribution is 2.44. The molecule has 0 bridgehead atoms. The van der Waals surface area contributed by atoms with E-state index in [0.717, 1.165) is 22.0 Å². The highest BCUT2D eigenvalue weighted by atomic mass is 32.2. The predicted octanol–water partition coefficient (Wildman–Crippen LogP) is 5.00. The van der Waals surface area contributed by atoms with Crippen LogP contribution in [-0.4, -0.2) is 13.4 Å². The van der Waals surface area contributed by atoms with Gasteiger partial charge in [-0.05, 0) is 35.4 Å². The van der Waals surface area contributed by atoms with E-state index in [2.05, 4.69) is 0 Å². The molecule has 4 aromatic rings. The molecule has 0 radical (unpaired) electrons. The SMILES string of the molecule is O=S1(=O)Cc2c(nc3ccccc3c2-c2ccccc2)-c2cc(F)ccc21. The van der Waals surface area contributed by atoms with Crippen molar-refractivity contribution in [1.82, 2.24) is 4.98 Å². The third-order valence-electron chi connectivity index (χ3n) is 4.92. The van der Waals surface area contributed by atoms with Gasteiger partial charge in [-0.1, -0.05) is 48.5 Å². The standard InChI is InChI=1S/C22H14FNO2S/c23-15-10-11-20-17(12-15)22-18(13-27(20,25)26)21(14-6-2-1-3-7-14)16-8-4-5-9-19(16)24-22/h1-12H,13H2. The highest BCUT2D eigenvalue weighted by molar-refractivity contribution is 7.90. The van der Waals surface area contributed by atoms with Gasteiger partial charge in [0.05, 0.1) is 21.9 Å². The summed E-state index contributed by atoms with van der Waals surface area (Å²) >= 11 is 0. The summed E-state index contributed by atoms with van der Waals surface area (Å²) in [6, 6.07) is 21.1. The second kappa shape index (κ2) is 5.72. The molecular weight excluding hydrogens is 361 g/mol. The molecule has 0 amide bonds. The van der Waals surface area contributed by atoms with Crippen molar-refractivity contribution >= 4 is 20.7 Å². The first-order valence-electron chi connectivity index (χ1n) is 8.54. The lowest BCUT2D eigenvalue weighted by Crippen LogP contribution is -2.15. The highest BCUT2D eigenvalue weighted by Gasteiger charge is 2.32. The Morgan fingerprint density at radius 3 is 2.44 bits per heavy atom. The van der Waals surface area contributed by atoms with Crippen LogP contribution in [0.4, 0.5) is 4.39 Å². The summed E-state index contributed by atoms with van der Waals surface area (Å²) < 4.78 is 39.8. The van der Waals surface area contributed by atoms with E-state index in [-0.39, 0.29) is 10.6 Å². The van der Waals surface area contributed by atoms with Crippen molar-refractivity contribution in [3.05, 3.63) is 84.2 Å². The Bertz CT molecular complexity index is 1320. The monoisotopic (exact) mass is 375 g/mol. The number of benzene rings is 3. The summed E-state index contributed by atoms with van der Waals surface area (Å²) in [6.45, 7) is 0. The topological polar surface area (TPSA) is 47.0 Å². The molecule has 5 rings (SSSR count). The molecule has 1 aliphatic heterocycles. The molecule has 0 saturated heterocycles. The Labute approximate surface area is 156 Å². The molecule has 3 aromatic carbocycles. The van der Waals surface area contributed by atoms with Gasteiger partial charge in [0.15, 0.2) is 9.84 Å². The van der Waals surface area contributed by atoms with Crippen LogP contribution in [0.5, 0.6) is 0 Å². The minimum atomic E-state index is -3.58. The lowest BCUT2D eigenvalue weighted by atomic mass is 9.92. The maximum absolute atomic E-state index is 14.0. The summed E-state index contributed by atoms with van der Waals surface area (Å²) in [7, 11) is -3.58. The quantitative estimate of drug-likeness (QED) is 0.440. The summed E-state index contributed by atoms with van der Waals surface area (Å²) in [5.74, 6) is -0.628. The molecule has 1 aromatic heterocycles. The van der Waals surface area contributed by atoms with Gasteiger partial charge in [-0.15, -0.1) is 0 Å². The molecule has 2 heterocycles. The summed E-state index contributed by atoms with van der Waals surface area (Å²) in [4.78, 5) is 4.86. The molecule has 0 spiro atoms. The molecule has 0 unspecified atom stereocenters. The lowest BCUT2D eigenvalue weighted by molar-refractivity contribution is 0.593. The van der Waals surface area contributed by atoms with E-state index in [4.69, 9.17) is 4.98 Å². The number of hydrogen-bond donors (Lipinski definition) is 0. The Morgan fingerprint density at radius 1 is 0.889 bits per heavy atom. The van der Waals surface area contributed by atoms with Crippen molar-refractivity contribution in [2.45, 2.75) is 10.6 Å². The van der Waals surface area contributed by atoms with E-state index >= 15 is 0 Å². The third kappa shape index (κ3) is 2.46. The summed E-state index contributed by atoms with van der Waals surface area (Å²) in [6.07, 6.45) is 0. The number of nitrogens with zero attached hydrogens (tertiary/aromatic N) is 1. The van der Waals surface area contributed by atoms with Gasteiger partial charge in [0.2, 0.25) is 0 Å². The number of para-hydroxylation sites is 1. The maximum Gasteiger partial charge on any atom is 0.183 e. The van der Waals surface area contributed by atoms with Crippen LogP contribution in [0, 0.1) is 5.82 Å². The average molecular weight is 375 g/mol. The second-order valence-corrected chi connectivity index (χ2v) is 8.55. The molecule has 27 heavy (non-hydrogen) atoms. The van der Waals surface area contributed by atoms with Gasteiger partial charge in [0, 0.05) is 16.5 Å². The van der Waals surface area contributed by atoms with Crippen LogP contribution in [0.25, 0.3) is 33.3 Å². The maximum atomic E-state index is 14.0. The normalized spacial score (nSPS) is 14.6. The molecule has 132 valence electrons. The Morgan fingerprint density at radius 2 is 1.63 bits per heavy atom. The van der Waals surface area contributed by atoms with Gasteiger partial charge in [-0.2, -0.15) is 0 Å². The predicted molar refractivity (Wildman–Crippen MR) is 103 cm³/mol. The fourth-order valence-electron chi connectivity index (χ4n) is 3.78. The van der Waals surface area contributed by atoms with Crippen molar-refractivity contribution in [3.63, 3.8) is 0 Å². The molecule has 0 atom stereocenters. The van der Waals surface area contributed by atoms with Gasteiger partial charge in [0.1, 0.15) is 5.82 Å². The molecule has 0 aliphatic carbocycles. The molecule has 0 saturated carbocycles. The van der Waals surface area contributed by atoms with Crippen LogP contribution >= 0.6 is 0 Å². The minimum absolute atomic E-state index is 0.137. The van der Waals surface area contributed by atoms with Crippen molar-refractivity contribution < 1.29 is 12.8 Å². The Hall–Kier alpha value is -3.05. The average Bonchev–Trinajstić information content (AvgIpc) is 2.67. The first-order valence-corrected chi connectivity index (χ1v) is 10.2. The van der Waals surface area contributed by atoms with Crippen molar-refractivity contribution in [1.29, 1.82) is 0 Å². The Balaban J connectivity index is 1.98. The summed E-state index contributed by atoms with van der Waals surface area (Å²) in [5, 5.41) is 0.887. The molecule has 3 nitrogen and oxygen atoms in total. The van der Waals surface area contributed by atoms with Gasteiger partial charge in [-0.25, -0.2) is 17.8 Å². The molecule has 0 fully saturated rings. The number of aromatic nitrogens is 1. The fourth-order valence-corrected chi connectivity index (χ4v) is 5.36. The molecule has 0 N–H and O–H groups in total. The number of pyridine rings is 1. The zero-order chi connectivity index (χ0) is 18.6. The van der Waals surface area contributed by atoms with E-state index in [9.17, 15) is 12.8 Å². The van der Waals surface area contributed by atoms with Crippen LogP contribution in [0.2, 0.25) is 0 Å². The zero-order valence-corrected chi connectivity index (χ0v) is 15.0. The van der Waals surface area contributed by atoms with E-state index in [0.29, 0.717) is 16.8 Å². The zero-order valence-electron chi connectivity index (χ0n) is 14.2. The third-order valence-corrected chi connectivity index (χ3v) is 6.62. The van der Waals surface area contributed by atoms with Crippen molar-refractivity contribution in [3.8, 4) is 22.4 Å². The van der Waals surface area contributed by atoms with Crippen LogP contribution in [0.15, 0.2) is 77.7 Å².